The van der Waals surface area contributed by atoms with E-state index in [2.05, 4.69) is 4.72 Å². The predicted octanol–water partition coefficient (Wildman–Crippen LogP) is 0.724. The summed E-state index contributed by atoms with van der Waals surface area (Å²) < 4.78 is 27.8. The summed E-state index contributed by atoms with van der Waals surface area (Å²) in [5, 5.41) is 8.98. The van der Waals surface area contributed by atoms with Crippen LogP contribution in [0.3, 0.4) is 0 Å². The highest BCUT2D eigenvalue weighted by Crippen LogP contribution is 2.08. The largest absolute Gasteiger partial charge is 0.395 e. The summed E-state index contributed by atoms with van der Waals surface area (Å²) in [4.78, 5) is 0. The van der Waals surface area contributed by atoms with Gasteiger partial charge in [-0.3, -0.25) is 0 Å². The van der Waals surface area contributed by atoms with Crippen LogP contribution >= 0.6 is 0 Å². The van der Waals surface area contributed by atoms with Crippen molar-refractivity contribution in [2.75, 3.05) is 13.2 Å². The monoisotopic (exact) mass is 272 g/mol. The molecule has 18 heavy (non-hydrogen) atoms. The Morgan fingerprint density at radius 2 is 1.89 bits per heavy atom. The number of benzene rings is 1. The molecule has 102 valence electrons. The molecule has 6 heteroatoms. The molecule has 0 unspecified atom stereocenters. The second kappa shape index (κ2) is 6.84. The lowest BCUT2D eigenvalue weighted by Gasteiger charge is -2.23. The fourth-order valence-electron chi connectivity index (χ4n) is 1.56. The normalized spacial score (nSPS) is 12.3. The van der Waals surface area contributed by atoms with Crippen LogP contribution in [0.2, 0.25) is 0 Å². The molecule has 0 amide bonds. The van der Waals surface area contributed by atoms with Crippen molar-refractivity contribution in [2.45, 2.75) is 26.4 Å². The van der Waals surface area contributed by atoms with Crippen molar-refractivity contribution in [2.24, 2.45) is 0 Å². The maximum Gasteiger partial charge on any atom is 0.280 e. The average molecular weight is 272 g/mol. The summed E-state index contributed by atoms with van der Waals surface area (Å²) in [5.74, 6) is 0. The zero-order valence-corrected chi connectivity index (χ0v) is 11.5. The van der Waals surface area contributed by atoms with Crippen LogP contribution in [-0.4, -0.2) is 37.0 Å². The minimum atomic E-state index is -3.56. The summed E-state index contributed by atoms with van der Waals surface area (Å²) in [5.41, 5.74) is 0.889. The van der Waals surface area contributed by atoms with Gasteiger partial charge in [0, 0.05) is 19.1 Å². The maximum absolute atomic E-state index is 12.0. The molecule has 0 aliphatic carbocycles. The Morgan fingerprint density at radius 1 is 1.28 bits per heavy atom. The van der Waals surface area contributed by atoms with Crippen LogP contribution in [-0.2, 0) is 16.8 Å². The Bertz CT molecular complexity index is 446. The van der Waals surface area contributed by atoms with Crippen LogP contribution in [0.1, 0.15) is 19.4 Å². The fraction of sp³-hybridized carbons (Fsp3) is 0.500. The molecule has 1 rings (SSSR count). The van der Waals surface area contributed by atoms with Crippen LogP contribution in [0.4, 0.5) is 0 Å². The summed E-state index contributed by atoms with van der Waals surface area (Å²) in [6, 6.07) is 9.13. The number of aliphatic hydroxyl groups excluding tert-OH is 1. The second-order valence-corrected chi connectivity index (χ2v) is 6.02. The Labute approximate surface area is 109 Å². The number of hydrogen-bond donors (Lipinski definition) is 2. The van der Waals surface area contributed by atoms with E-state index in [1.54, 1.807) is 13.8 Å². The topological polar surface area (TPSA) is 69.6 Å². The van der Waals surface area contributed by atoms with Crippen molar-refractivity contribution in [3.63, 3.8) is 0 Å². The third-order valence-electron chi connectivity index (χ3n) is 2.28. The smallest absolute Gasteiger partial charge is 0.280 e. The number of aliphatic hydroxyl groups is 1. The van der Waals surface area contributed by atoms with Gasteiger partial charge in [-0.1, -0.05) is 30.3 Å². The number of nitrogens with one attached hydrogen (secondary N) is 1. The highest BCUT2D eigenvalue weighted by atomic mass is 32.2. The summed E-state index contributed by atoms with van der Waals surface area (Å²) >= 11 is 0. The Hall–Kier alpha value is -0.950. The molecule has 0 fully saturated rings. The lowest BCUT2D eigenvalue weighted by atomic mass is 10.2. The van der Waals surface area contributed by atoms with E-state index >= 15 is 0 Å². The van der Waals surface area contributed by atoms with Gasteiger partial charge in [0.2, 0.25) is 0 Å². The van der Waals surface area contributed by atoms with Crippen LogP contribution in [0.5, 0.6) is 0 Å². The van der Waals surface area contributed by atoms with E-state index in [9.17, 15) is 8.42 Å². The molecular weight excluding hydrogens is 252 g/mol. The summed E-state index contributed by atoms with van der Waals surface area (Å²) in [7, 11) is -3.56. The van der Waals surface area contributed by atoms with Gasteiger partial charge in [-0.25, -0.2) is 0 Å². The van der Waals surface area contributed by atoms with Crippen LogP contribution in [0.15, 0.2) is 30.3 Å². The SMILES string of the molecule is CC(C)NS(=O)(=O)N(CCO)Cc1ccccc1. The van der Waals surface area contributed by atoms with Crippen molar-refractivity contribution in [1.29, 1.82) is 0 Å². The molecule has 5 nitrogen and oxygen atoms in total. The highest BCUT2D eigenvalue weighted by molar-refractivity contribution is 7.87. The first kappa shape index (κ1) is 15.1. The van der Waals surface area contributed by atoms with E-state index in [-0.39, 0.29) is 25.7 Å². The first-order valence-electron chi connectivity index (χ1n) is 5.88. The average Bonchev–Trinajstić information content (AvgIpc) is 2.28. The minimum Gasteiger partial charge on any atom is -0.395 e. The van der Waals surface area contributed by atoms with Crippen LogP contribution in [0, 0.1) is 0 Å². The molecule has 1 aromatic rings. The molecule has 0 saturated carbocycles. The van der Waals surface area contributed by atoms with Crippen LogP contribution in [0.25, 0.3) is 0 Å². The fourth-order valence-corrected chi connectivity index (χ4v) is 2.94. The van der Waals surface area contributed by atoms with Gasteiger partial charge in [0.1, 0.15) is 0 Å². The molecule has 0 bridgehead atoms. The lowest BCUT2D eigenvalue weighted by Crippen LogP contribution is -2.44. The lowest BCUT2D eigenvalue weighted by molar-refractivity contribution is 0.249. The van der Waals surface area contributed by atoms with Crippen molar-refractivity contribution < 1.29 is 13.5 Å². The molecule has 0 aliphatic rings. The van der Waals surface area contributed by atoms with E-state index in [1.165, 1.54) is 4.31 Å². The molecule has 0 aromatic heterocycles. The predicted molar refractivity (Wildman–Crippen MR) is 71.1 cm³/mol. The zero-order chi connectivity index (χ0) is 13.6. The van der Waals surface area contributed by atoms with E-state index in [1.807, 2.05) is 30.3 Å². The summed E-state index contributed by atoms with van der Waals surface area (Å²) in [6.07, 6.45) is 0. The molecule has 0 saturated heterocycles. The van der Waals surface area contributed by atoms with Gasteiger partial charge in [-0.05, 0) is 19.4 Å². The first-order chi connectivity index (χ1) is 8.45. The van der Waals surface area contributed by atoms with E-state index < -0.39 is 10.2 Å². The van der Waals surface area contributed by atoms with E-state index in [0.717, 1.165) is 5.56 Å². The van der Waals surface area contributed by atoms with E-state index in [4.69, 9.17) is 5.11 Å². The highest BCUT2D eigenvalue weighted by Gasteiger charge is 2.22. The number of nitrogens with zero attached hydrogens (tertiary/aromatic N) is 1. The van der Waals surface area contributed by atoms with Gasteiger partial charge in [-0.15, -0.1) is 0 Å². The van der Waals surface area contributed by atoms with Gasteiger partial charge in [0.15, 0.2) is 0 Å². The maximum atomic E-state index is 12.0. The Kier molecular flexibility index (Phi) is 5.74. The molecule has 0 radical (unpaired) electrons. The van der Waals surface area contributed by atoms with Crippen molar-refractivity contribution >= 4 is 10.2 Å². The minimum absolute atomic E-state index is 0.0803. The van der Waals surface area contributed by atoms with Gasteiger partial charge < -0.3 is 5.11 Å². The van der Waals surface area contributed by atoms with Crippen molar-refractivity contribution in [1.82, 2.24) is 9.03 Å². The van der Waals surface area contributed by atoms with Crippen LogP contribution < -0.4 is 4.72 Å². The summed E-state index contributed by atoms with van der Waals surface area (Å²) in [6.45, 7) is 3.65. The van der Waals surface area contributed by atoms with Gasteiger partial charge >= 0.3 is 0 Å². The zero-order valence-electron chi connectivity index (χ0n) is 10.7. The molecule has 1 aromatic carbocycles. The molecule has 0 atom stereocenters. The van der Waals surface area contributed by atoms with Gasteiger partial charge in [-0.2, -0.15) is 17.4 Å². The van der Waals surface area contributed by atoms with Gasteiger partial charge in [0.05, 0.1) is 6.61 Å². The second-order valence-electron chi connectivity index (χ2n) is 4.32. The molecule has 0 aliphatic heterocycles. The standard InChI is InChI=1S/C12H20N2O3S/c1-11(2)13-18(16,17)14(8-9-15)10-12-6-4-3-5-7-12/h3-7,11,13,15H,8-10H2,1-2H3. The Balaban J connectivity index is 2.83. The molecule has 2 N–H and O–H groups in total. The third kappa shape index (κ3) is 4.73. The first-order valence-corrected chi connectivity index (χ1v) is 7.32. The number of hydrogen-bond acceptors (Lipinski definition) is 3. The van der Waals surface area contributed by atoms with Crippen molar-refractivity contribution in [3.8, 4) is 0 Å². The number of rotatable bonds is 7. The molecule has 0 heterocycles. The third-order valence-corrected chi connectivity index (χ3v) is 4.04. The van der Waals surface area contributed by atoms with Gasteiger partial charge in [0.25, 0.3) is 10.2 Å². The molecule has 0 spiro atoms. The van der Waals surface area contributed by atoms with E-state index in [0.29, 0.717) is 0 Å². The Morgan fingerprint density at radius 3 is 2.39 bits per heavy atom. The van der Waals surface area contributed by atoms with Crippen molar-refractivity contribution in [3.05, 3.63) is 35.9 Å². The molecular formula is C12H20N2O3S. The quantitative estimate of drug-likeness (QED) is 0.768.